The van der Waals surface area contributed by atoms with Gasteiger partial charge in [-0.1, -0.05) is 20.8 Å². The lowest BCUT2D eigenvalue weighted by Gasteiger charge is -2.22. The predicted molar refractivity (Wildman–Crippen MR) is 75.4 cm³/mol. The highest BCUT2D eigenvalue weighted by atomic mass is 79.9. The Bertz CT molecular complexity index is 351. The number of nitrogens with zero attached hydrogens (tertiary/aromatic N) is 1. The molecule has 0 saturated carbocycles. The fourth-order valence-electron chi connectivity index (χ4n) is 1.22. The summed E-state index contributed by atoms with van der Waals surface area (Å²) < 4.78 is 2.04. The quantitative estimate of drug-likeness (QED) is 0.864. The molecule has 16 heavy (non-hydrogen) atoms. The molecule has 0 aromatic carbocycles. The highest BCUT2D eigenvalue weighted by molar-refractivity contribution is 9.11. The number of rotatable bonds is 5. The monoisotopic (exact) mass is 348 g/mol. The number of hydrogen-bond donors (Lipinski definition) is 1. The highest BCUT2D eigenvalue weighted by Crippen LogP contribution is 2.21. The van der Waals surface area contributed by atoms with E-state index in [9.17, 15) is 0 Å². The standard InChI is InChI=1S/C12H18Br2N2/c1-4-12(2,3)8-15-7-11-10(14)5-9(13)6-16-11/h5-6,15H,4,7-8H2,1-3H3. The van der Waals surface area contributed by atoms with Crippen LogP contribution in [-0.4, -0.2) is 11.5 Å². The molecule has 0 spiro atoms. The molecule has 90 valence electrons. The van der Waals surface area contributed by atoms with E-state index in [4.69, 9.17) is 0 Å². The lowest BCUT2D eigenvalue weighted by atomic mass is 9.90. The van der Waals surface area contributed by atoms with Crippen LogP contribution in [0.4, 0.5) is 0 Å². The summed E-state index contributed by atoms with van der Waals surface area (Å²) in [5, 5.41) is 3.45. The fraction of sp³-hybridized carbons (Fsp3) is 0.583. The minimum Gasteiger partial charge on any atom is -0.311 e. The first-order chi connectivity index (χ1) is 7.44. The Balaban J connectivity index is 2.49. The van der Waals surface area contributed by atoms with Gasteiger partial charge in [0, 0.05) is 28.2 Å². The molecule has 0 aliphatic heterocycles. The minimum absolute atomic E-state index is 0.349. The molecule has 1 rings (SSSR count). The molecule has 1 aromatic rings. The van der Waals surface area contributed by atoms with Crippen LogP contribution < -0.4 is 5.32 Å². The van der Waals surface area contributed by atoms with E-state index >= 15 is 0 Å². The summed E-state index contributed by atoms with van der Waals surface area (Å²) in [5.41, 5.74) is 1.40. The number of aromatic nitrogens is 1. The van der Waals surface area contributed by atoms with E-state index in [1.54, 1.807) is 0 Å². The molecule has 4 heteroatoms. The molecule has 0 amide bonds. The molecule has 2 nitrogen and oxygen atoms in total. The Hall–Kier alpha value is 0.0700. The maximum Gasteiger partial charge on any atom is 0.0684 e. The van der Waals surface area contributed by atoms with E-state index in [0.717, 1.165) is 27.7 Å². The van der Waals surface area contributed by atoms with Gasteiger partial charge in [0.15, 0.2) is 0 Å². The van der Waals surface area contributed by atoms with Crippen LogP contribution >= 0.6 is 31.9 Å². The van der Waals surface area contributed by atoms with Gasteiger partial charge in [-0.2, -0.15) is 0 Å². The smallest absolute Gasteiger partial charge is 0.0684 e. The van der Waals surface area contributed by atoms with Gasteiger partial charge < -0.3 is 5.32 Å². The molecule has 0 aliphatic carbocycles. The van der Waals surface area contributed by atoms with Gasteiger partial charge in [0.05, 0.1) is 5.69 Å². The zero-order valence-electron chi connectivity index (χ0n) is 9.98. The van der Waals surface area contributed by atoms with E-state index in [0.29, 0.717) is 5.41 Å². The van der Waals surface area contributed by atoms with Crippen LogP contribution in [0.15, 0.2) is 21.2 Å². The van der Waals surface area contributed by atoms with E-state index in [2.05, 4.69) is 62.9 Å². The van der Waals surface area contributed by atoms with Gasteiger partial charge in [-0.05, 0) is 49.8 Å². The van der Waals surface area contributed by atoms with Gasteiger partial charge in [-0.3, -0.25) is 4.98 Å². The Morgan fingerprint density at radius 1 is 1.38 bits per heavy atom. The van der Waals surface area contributed by atoms with E-state index in [-0.39, 0.29) is 0 Å². The second-order valence-corrected chi connectivity index (χ2v) is 6.47. The number of pyridine rings is 1. The summed E-state index contributed by atoms with van der Waals surface area (Å²) in [6.45, 7) is 8.56. The third kappa shape index (κ3) is 4.52. The van der Waals surface area contributed by atoms with Gasteiger partial charge >= 0.3 is 0 Å². The van der Waals surface area contributed by atoms with Crippen molar-refractivity contribution >= 4 is 31.9 Å². The summed E-state index contributed by atoms with van der Waals surface area (Å²) >= 11 is 6.91. The number of halogens is 2. The molecule has 0 bridgehead atoms. The SMILES string of the molecule is CCC(C)(C)CNCc1ncc(Br)cc1Br. The number of hydrogen-bond acceptors (Lipinski definition) is 2. The zero-order chi connectivity index (χ0) is 12.2. The van der Waals surface area contributed by atoms with Crippen molar-refractivity contribution in [2.75, 3.05) is 6.54 Å². The van der Waals surface area contributed by atoms with Crippen molar-refractivity contribution in [2.24, 2.45) is 5.41 Å². The van der Waals surface area contributed by atoms with Crippen LogP contribution in [0, 0.1) is 5.41 Å². The van der Waals surface area contributed by atoms with Crippen molar-refractivity contribution < 1.29 is 0 Å². The first-order valence-corrected chi connectivity index (χ1v) is 7.04. The van der Waals surface area contributed by atoms with Crippen molar-refractivity contribution in [3.8, 4) is 0 Å². The maximum atomic E-state index is 4.37. The summed E-state index contributed by atoms with van der Waals surface area (Å²) in [4.78, 5) is 4.37. The topological polar surface area (TPSA) is 24.9 Å². The highest BCUT2D eigenvalue weighted by Gasteiger charge is 2.14. The lowest BCUT2D eigenvalue weighted by Crippen LogP contribution is -2.28. The van der Waals surface area contributed by atoms with Crippen molar-refractivity contribution in [3.05, 3.63) is 26.9 Å². The number of nitrogens with one attached hydrogen (secondary N) is 1. The summed E-state index contributed by atoms with van der Waals surface area (Å²) in [5.74, 6) is 0. The first-order valence-electron chi connectivity index (χ1n) is 5.45. The second-order valence-electron chi connectivity index (χ2n) is 4.70. The fourth-order valence-corrected chi connectivity index (χ4v) is 2.34. The molecule has 0 unspecified atom stereocenters. The van der Waals surface area contributed by atoms with Gasteiger partial charge in [0.1, 0.15) is 0 Å². The van der Waals surface area contributed by atoms with Gasteiger partial charge in [-0.25, -0.2) is 0 Å². The van der Waals surface area contributed by atoms with E-state index in [1.165, 1.54) is 6.42 Å². The average Bonchev–Trinajstić information content (AvgIpc) is 2.21. The molecule has 0 atom stereocenters. The largest absolute Gasteiger partial charge is 0.311 e. The van der Waals surface area contributed by atoms with Crippen molar-refractivity contribution in [2.45, 2.75) is 33.7 Å². The van der Waals surface area contributed by atoms with Crippen LogP contribution in [0.5, 0.6) is 0 Å². The molecule has 0 saturated heterocycles. The van der Waals surface area contributed by atoms with Crippen LogP contribution in [0.1, 0.15) is 32.9 Å². The summed E-state index contributed by atoms with van der Waals surface area (Å²) in [6.07, 6.45) is 3.00. The molecular weight excluding hydrogens is 332 g/mol. The Labute approximate surface area is 114 Å². The van der Waals surface area contributed by atoms with Crippen molar-refractivity contribution in [1.29, 1.82) is 0 Å². The molecule has 1 aromatic heterocycles. The molecule has 1 heterocycles. The average molecular weight is 350 g/mol. The summed E-state index contributed by atoms with van der Waals surface area (Å²) in [7, 11) is 0. The molecule has 0 radical (unpaired) electrons. The van der Waals surface area contributed by atoms with Gasteiger partial charge in [0.25, 0.3) is 0 Å². The van der Waals surface area contributed by atoms with E-state index in [1.807, 2.05) is 12.3 Å². The first kappa shape index (κ1) is 14.1. The van der Waals surface area contributed by atoms with Crippen molar-refractivity contribution in [3.63, 3.8) is 0 Å². The molecular formula is C12H18Br2N2. The third-order valence-electron chi connectivity index (χ3n) is 2.74. The van der Waals surface area contributed by atoms with Crippen LogP contribution in [0.2, 0.25) is 0 Å². The van der Waals surface area contributed by atoms with Crippen molar-refractivity contribution in [1.82, 2.24) is 10.3 Å². The Morgan fingerprint density at radius 3 is 2.62 bits per heavy atom. The zero-order valence-corrected chi connectivity index (χ0v) is 13.2. The molecule has 0 fully saturated rings. The summed E-state index contributed by atoms with van der Waals surface area (Å²) in [6, 6.07) is 2.02. The second kappa shape index (κ2) is 6.12. The van der Waals surface area contributed by atoms with Crippen LogP contribution in [-0.2, 0) is 6.54 Å². The maximum absolute atomic E-state index is 4.37. The molecule has 1 N–H and O–H groups in total. The Morgan fingerprint density at radius 2 is 2.06 bits per heavy atom. The minimum atomic E-state index is 0.349. The molecule has 0 aliphatic rings. The predicted octanol–water partition coefficient (Wildman–Crippen LogP) is 4.13. The van der Waals surface area contributed by atoms with Gasteiger partial charge in [0.2, 0.25) is 0 Å². The van der Waals surface area contributed by atoms with Crippen LogP contribution in [0.3, 0.4) is 0 Å². The Kier molecular flexibility index (Phi) is 5.41. The van der Waals surface area contributed by atoms with Crippen LogP contribution in [0.25, 0.3) is 0 Å². The van der Waals surface area contributed by atoms with E-state index < -0.39 is 0 Å². The van der Waals surface area contributed by atoms with Gasteiger partial charge in [-0.15, -0.1) is 0 Å². The lowest BCUT2D eigenvalue weighted by molar-refractivity contribution is 0.327. The normalized spacial score (nSPS) is 11.8. The third-order valence-corrected chi connectivity index (χ3v) is 3.86.